The molecule has 0 radical (unpaired) electrons. The Hall–Kier alpha value is -2.08. The molecular weight excluding hydrogens is 343 g/mol. The summed E-state index contributed by atoms with van der Waals surface area (Å²) < 4.78 is 18.6. The van der Waals surface area contributed by atoms with Crippen LogP contribution in [-0.2, 0) is 11.2 Å². The summed E-state index contributed by atoms with van der Waals surface area (Å²) in [7, 11) is 1.76. The Bertz CT molecular complexity index is 767. The Morgan fingerprint density at radius 1 is 1.33 bits per heavy atom. The van der Waals surface area contributed by atoms with Gasteiger partial charge in [-0.15, -0.1) is 0 Å². The predicted octanol–water partition coefficient (Wildman–Crippen LogP) is 3.61. The second-order valence-electron chi connectivity index (χ2n) is 7.47. The van der Waals surface area contributed by atoms with Crippen LogP contribution < -0.4 is 10.6 Å². The molecule has 0 amide bonds. The van der Waals surface area contributed by atoms with Gasteiger partial charge in [0.1, 0.15) is 5.82 Å². The summed E-state index contributed by atoms with van der Waals surface area (Å²) in [6, 6.07) is 4.89. The van der Waals surface area contributed by atoms with E-state index in [9.17, 15) is 4.39 Å². The van der Waals surface area contributed by atoms with Crippen LogP contribution >= 0.6 is 0 Å². The molecule has 5 nitrogen and oxygen atoms in total. The maximum atomic E-state index is 13.3. The van der Waals surface area contributed by atoms with Gasteiger partial charge < -0.3 is 20.4 Å². The molecule has 1 heterocycles. The molecule has 1 aliphatic carbocycles. The Morgan fingerprint density at radius 2 is 2.19 bits per heavy atom. The van der Waals surface area contributed by atoms with E-state index in [1.807, 2.05) is 12.3 Å². The smallest absolute Gasteiger partial charge is 0.191 e. The van der Waals surface area contributed by atoms with Crippen LogP contribution in [0.15, 0.2) is 29.4 Å². The van der Waals surface area contributed by atoms with Crippen LogP contribution in [0, 0.1) is 11.2 Å². The average Bonchev–Trinajstić information content (AvgIpc) is 3.02. The molecule has 3 rings (SSSR count). The van der Waals surface area contributed by atoms with Gasteiger partial charge in [-0.3, -0.25) is 4.99 Å². The number of nitrogens with zero attached hydrogens (tertiary/aromatic N) is 1. The van der Waals surface area contributed by atoms with Crippen molar-refractivity contribution in [2.45, 2.75) is 39.0 Å². The largest absolute Gasteiger partial charge is 0.385 e. The standard InChI is InChI=1S/C21H31FN4O/c1-3-23-20(26-15-21(8-4-9-21)10-12-27-2)24-11-7-16-14-25-19-13-17(22)5-6-18(16)19/h5-6,13-14,25H,3-4,7-12,15H2,1-2H3,(H2,23,24,26). The van der Waals surface area contributed by atoms with Gasteiger partial charge in [-0.05, 0) is 61.8 Å². The molecule has 1 saturated carbocycles. The fourth-order valence-electron chi connectivity index (χ4n) is 3.75. The lowest BCUT2D eigenvalue weighted by atomic mass is 9.67. The van der Waals surface area contributed by atoms with Crippen molar-refractivity contribution in [3.05, 3.63) is 35.8 Å². The molecule has 6 heteroatoms. The summed E-state index contributed by atoms with van der Waals surface area (Å²) >= 11 is 0. The van der Waals surface area contributed by atoms with Crippen LogP contribution in [0.5, 0.6) is 0 Å². The van der Waals surface area contributed by atoms with Crippen molar-refractivity contribution in [3.8, 4) is 0 Å². The zero-order valence-electron chi connectivity index (χ0n) is 16.4. The number of aliphatic imine (C=N–C) groups is 1. The summed E-state index contributed by atoms with van der Waals surface area (Å²) in [5.74, 6) is 0.654. The molecule has 0 bridgehead atoms. The molecule has 0 saturated heterocycles. The number of fused-ring (bicyclic) bond motifs is 1. The van der Waals surface area contributed by atoms with Crippen molar-refractivity contribution in [1.29, 1.82) is 0 Å². The van der Waals surface area contributed by atoms with Crippen LogP contribution in [0.2, 0.25) is 0 Å². The van der Waals surface area contributed by atoms with Crippen LogP contribution in [-0.4, -0.2) is 44.3 Å². The third kappa shape index (κ3) is 5.01. The molecule has 2 aromatic rings. The quantitative estimate of drug-likeness (QED) is 0.464. The fourth-order valence-corrected chi connectivity index (χ4v) is 3.75. The molecule has 0 atom stereocenters. The Kier molecular flexibility index (Phi) is 6.72. The molecule has 1 aromatic carbocycles. The zero-order chi connectivity index (χ0) is 19.1. The number of ether oxygens (including phenoxy) is 1. The minimum absolute atomic E-state index is 0.214. The average molecular weight is 375 g/mol. The Morgan fingerprint density at radius 3 is 2.89 bits per heavy atom. The first-order valence-electron chi connectivity index (χ1n) is 9.92. The van der Waals surface area contributed by atoms with Crippen LogP contribution in [0.25, 0.3) is 10.9 Å². The first-order chi connectivity index (χ1) is 13.2. The lowest BCUT2D eigenvalue weighted by Crippen LogP contribution is -2.41. The second-order valence-corrected chi connectivity index (χ2v) is 7.47. The first-order valence-corrected chi connectivity index (χ1v) is 9.92. The zero-order valence-corrected chi connectivity index (χ0v) is 16.4. The third-order valence-electron chi connectivity index (χ3n) is 5.58. The number of aromatic amines is 1. The molecule has 3 N–H and O–H groups in total. The summed E-state index contributed by atoms with van der Waals surface area (Å²) in [5, 5.41) is 7.84. The summed E-state index contributed by atoms with van der Waals surface area (Å²) in [4.78, 5) is 7.98. The van der Waals surface area contributed by atoms with Gasteiger partial charge in [0.15, 0.2) is 5.96 Å². The molecule has 148 valence electrons. The van der Waals surface area contributed by atoms with E-state index in [-0.39, 0.29) is 5.82 Å². The van der Waals surface area contributed by atoms with E-state index in [2.05, 4.69) is 22.5 Å². The molecule has 1 fully saturated rings. The van der Waals surface area contributed by atoms with Crippen molar-refractivity contribution in [2.75, 3.05) is 33.4 Å². The maximum absolute atomic E-state index is 13.3. The van der Waals surface area contributed by atoms with Crippen molar-refractivity contribution >= 4 is 16.9 Å². The highest BCUT2D eigenvalue weighted by molar-refractivity contribution is 5.83. The van der Waals surface area contributed by atoms with Crippen molar-refractivity contribution in [1.82, 2.24) is 15.6 Å². The summed E-state index contributed by atoms with van der Waals surface area (Å²) in [6.07, 6.45) is 7.67. The number of benzene rings is 1. The minimum Gasteiger partial charge on any atom is -0.385 e. The number of aromatic nitrogens is 1. The van der Waals surface area contributed by atoms with Gasteiger partial charge in [-0.1, -0.05) is 6.42 Å². The molecule has 27 heavy (non-hydrogen) atoms. The lowest BCUT2D eigenvalue weighted by Gasteiger charge is -2.40. The SMILES string of the molecule is CCNC(=NCC1(CCOC)CCC1)NCCc1c[nH]c2cc(F)ccc12. The van der Waals surface area contributed by atoms with Gasteiger partial charge in [0.05, 0.1) is 0 Å². The van der Waals surface area contributed by atoms with Gasteiger partial charge in [0, 0.05) is 50.5 Å². The van der Waals surface area contributed by atoms with E-state index in [1.165, 1.54) is 37.0 Å². The highest BCUT2D eigenvalue weighted by Crippen LogP contribution is 2.44. The van der Waals surface area contributed by atoms with Gasteiger partial charge in [0.2, 0.25) is 0 Å². The van der Waals surface area contributed by atoms with E-state index >= 15 is 0 Å². The van der Waals surface area contributed by atoms with Gasteiger partial charge in [-0.2, -0.15) is 0 Å². The normalized spacial score (nSPS) is 16.3. The minimum atomic E-state index is -0.214. The highest BCUT2D eigenvalue weighted by Gasteiger charge is 2.36. The van der Waals surface area contributed by atoms with E-state index < -0.39 is 0 Å². The first kappa shape index (κ1) is 19.7. The van der Waals surface area contributed by atoms with Crippen molar-refractivity contribution < 1.29 is 9.13 Å². The fraction of sp³-hybridized carbons (Fsp3) is 0.571. The van der Waals surface area contributed by atoms with Crippen LogP contribution in [0.3, 0.4) is 0 Å². The van der Waals surface area contributed by atoms with Crippen molar-refractivity contribution in [2.24, 2.45) is 10.4 Å². The third-order valence-corrected chi connectivity index (χ3v) is 5.58. The number of hydrogen-bond acceptors (Lipinski definition) is 2. The molecule has 0 unspecified atom stereocenters. The molecule has 0 spiro atoms. The maximum Gasteiger partial charge on any atom is 0.191 e. The van der Waals surface area contributed by atoms with E-state index in [1.54, 1.807) is 7.11 Å². The van der Waals surface area contributed by atoms with E-state index in [4.69, 9.17) is 9.73 Å². The number of H-pyrrole nitrogens is 1. The summed E-state index contributed by atoms with van der Waals surface area (Å²) in [5.41, 5.74) is 2.35. The molecular formula is C21H31FN4O. The van der Waals surface area contributed by atoms with Gasteiger partial charge in [0.25, 0.3) is 0 Å². The topological polar surface area (TPSA) is 61.4 Å². The monoisotopic (exact) mass is 374 g/mol. The number of nitrogens with one attached hydrogen (secondary N) is 3. The van der Waals surface area contributed by atoms with E-state index in [0.29, 0.717) is 5.41 Å². The number of halogens is 1. The number of rotatable bonds is 9. The number of guanidine groups is 1. The van der Waals surface area contributed by atoms with Gasteiger partial charge in [-0.25, -0.2) is 4.39 Å². The lowest BCUT2D eigenvalue weighted by molar-refractivity contribution is 0.0778. The highest BCUT2D eigenvalue weighted by atomic mass is 19.1. The molecule has 1 aromatic heterocycles. The number of hydrogen-bond donors (Lipinski definition) is 3. The Balaban J connectivity index is 1.56. The predicted molar refractivity (Wildman–Crippen MR) is 109 cm³/mol. The molecule has 1 aliphatic rings. The molecule has 0 aliphatic heterocycles. The van der Waals surface area contributed by atoms with Crippen molar-refractivity contribution in [3.63, 3.8) is 0 Å². The van der Waals surface area contributed by atoms with Gasteiger partial charge >= 0.3 is 0 Å². The second kappa shape index (κ2) is 9.22. The van der Waals surface area contributed by atoms with Crippen LogP contribution in [0.4, 0.5) is 4.39 Å². The Labute approximate surface area is 160 Å². The van der Waals surface area contributed by atoms with Crippen LogP contribution in [0.1, 0.15) is 38.2 Å². The number of methoxy groups -OCH3 is 1. The van der Waals surface area contributed by atoms with E-state index in [0.717, 1.165) is 55.9 Å². The summed E-state index contributed by atoms with van der Waals surface area (Å²) in [6.45, 7) is 5.35.